The average molecular weight is 264 g/mol. The van der Waals surface area contributed by atoms with Crippen LogP contribution in [0.4, 0.5) is 4.39 Å². The van der Waals surface area contributed by atoms with Crippen molar-refractivity contribution < 1.29 is 14.0 Å². The predicted octanol–water partition coefficient (Wildman–Crippen LogP) is 2.89. The first kappa shape index (κ1) is 13.7. The lowest BCUT2D eigenvalue weighted by molar-refractivity contribution is 0.152. The third-order valence-electron chi connectivity index (χ3n) is 2.93. The third kappa shape index (κ3) is 3.38. The van der Waals surface area contributed by atoms with Gasteiger partial charge in [0, 0.05) is 5.56 Å². The van der Waals surface area contributed by atoms with Crippen LogP contribution < -0.4 is 0 Å². The van der Waals surface area contributed by atoms with E-state index in [-0.39, 0.29) is 5.82 Å². The second-order valence-electron chi connectivity index (χ2n) is 4.62. The highest BCUT2D eigenvalue weighted by atomic mass is 19.1. The molecule has 1 unspecified atom stereocenters. The molecule has 0 aliphatic rings. The number of aliphatic hydroxyl groups is 1. The van der Waals surface area contributed by atoms with E-state index in [4.69, 9.17) is 4.52 Å². The fourth-order valence-corrected chi connectivity index (χ4v) is 1.82. The summed E-state index contributed by atoms with van der Waals surface area (Å²) in [4.78, 5) is 4.17. The molecule has 2 aromatic rings. The highest BCUT2D eigenvalue weighted by Gasteiger charge is 2.13. The number of aliphatic hydroxyl groups excluding tert-OH is 1. The minimum absolute atomic E-state index is 0.296. The van der Waals surface area contributed by atoms with E-state index in [9.17, 15) is 9.50 Å². The molecular formula is C14H17FN2O2. The van der Waals surface area contributed by atoms with Crippen molar-refractivity contribution in [3.8, 4) is 11.4 Å². The van der Waals surface area contributed by atoms with Gasteiger partial charge in [-0.2, -0.15) is 4.98 Å². The van der Waals surface area contributed by atoms with Gasteiger partial charge in [-0.05, 0) is 25.0 Å². The molecule has 1 aromatic carbocycles. The Morgan fingerprint density at radius 3 is 2.89 bits per heavy atom. The Morgan fingerprint density at radius 2 is 2.21 bits per heavy atom. The molecule has 1 atom stereocenters. The summed E-state index contributed by atoms with van der Waals surface area (Å²) < 4.78 is 18.5. The fourth-order valence-electron chi connectivity index (χ4n) is 1.82. The minimum Gasteiger partial charge on any atom is -0.393 e. The van der Waals surface area contributed by atoms with Crippen LogP contribution in [-0.4, -0.2) is 21.4 Å². The van der Waals surface area contributed by atoms with Crippen LogP contribution >= 0.6 is 0 Å². The minimum atomic E-state index is -0.479. The van der Waals surface area contributed by atoms with Gasteiger partial charge < -0.3 is 9.63 Å². The molecule has 1 aromatic heterocycles. The maximum absolute atomic E-state index is 13.5. The molecule has 102 valence electrons. The monoisotopic (exact) mass is 264 g/mol. The van der Waals surface area contributed by atoms with Crippen molar-refractivity contribution in [2.75, 3.05) is 0 Å². The quantitative estimate of drug-likeness (QED) is 0.902. The standard InChI is InChI=1S/C14H17FN2O2/c1-3-4-11(18)8-13-16-14(17-19-13)10-6-5-9(2)12(15)7-10/h5-7,11,18H,3-4,8H2,1-2H3. The van der Waals surface area contributed by atoms with Crippen molar-refractivity contribution in [2.45, 2.75) is 39.2 Å². The molecule has 0 spiro atoms. The zero-order chi connectivity index (χ0) is 13.8. The maximum atomic E-state index is 13.5. The molecule has 0 saturated carbocycles. The van der Waals surface area contributed by atoms with Gasteiger partial charge in [0.15, 0.2) is 0 Å². The van der Waals surface area contributed by atoms with Gasteiger partial charge in [-0.3, -0.25) is 0 Å². The number of nitrogens with zero attached hydrogens (tertiary/aromatic N) is 2. The molecule has 19 heavy (non-hydrogen) atoms. The molecule has 0 amide bonds. The van der Waals surface area contributed by atoms with Crippen LogP contribution in [0.25, 0.3) is 11.4 Å². The predicted molar refractivity (Wildman–Crippen MR) is 69.0 cm³/mol. The van der Waals surface area contributed by atoms with Crippen LogP contribution in [0.5, 0.6) is 0 Å². The van der Waals surface area contributed by atoms with Crippen molar-refractivity contribution in [1.29, 1.82) is 0 Å². The van der Waals surface area contributed by atoms with E-state index in [1.165, 1.54) is 6.07 Å². The molecule has 4 nitrogen and oxygen atoms in total. The normalized spacial score (nSPS) is 12.6. The van der Waals surface area contributed by atoms with Gasteiger partial charge in [-0.1, -0.05) is 30.6 Å². The van der Waals surface area contributed by atoms with E-state index in [1.807, 2.05) is 6.92 Å². The third-order valence-corrected chi connectivity index (χ3v) is 2.93. The molecule has 1 N–H and O–H groups in total. The highest BCUT2D eigenvalue weighted by molar-refractivity contribution is 5.54. The van der Waals surface area contributed by atoms with Crippen LogP contribution in [0.15, 0.2) is 22.7 Å². The molecule has 0 aliphatic carbocycles. The van der Waals surface area contributed by atoms with E-state index in [2.05, 4.69) is 10.1 Å². The van der Waals surface area contributed by atoms with Crippen molar-refractivity contribution in [3.63, 3.8) is 0 Å². The molecule has 0 saturated heterocycles. The van der Waals surface area contributed by atoms with Gasteiger partial charge in [0.2, 0.25) is 11.7 Å². The topological polar surface area (TPSA) is 59.2 Å². The number of benzene rings is 1. The van der Waals surface area contributed by atoms with Gasteiger partial charge in [0.05, 0.1) is 12.5 Å². The van der Waals surface area contributed by atoms with Crippen molar-refractivity contribution in [3.05, 3.63) is 35.5 Å². The zero-order valence-corrected chi connectivity index (χ0v) is 11.1. The van der Waals surface area contributed by atoms with Crippen LogP contribution in [0.3, 0.4) is 0 Å². The van der Waals surface area contributed by atoms with Gasteiger partial charge in [-0.25, -0.2) is 4.39 Å². The van der Waals surface area contributed by atoms with Gasteiger partial charge in [0.1, 0.15) is 5.82 Å². The second-order valence-corrected chi connectivity index (χ2v) is 4.62. The summed E-state index contributed by atoms with van der Waals surface area (Å²) in [6.07, 6.45) is 1.44. The van der Waals surface area contributed by atoms with Crippen LogP contribution in [0.2, 0.25) is 0 Å². The fraction of sp³-hybridized carbons (Fsp3) is 0.429. The molecular weight excluding hydrogens is 247 g/mol. The van der Waals surface area contributed by atoms with Gasteiger partial charge in [-0.15, -0.1) is 0 Å². The smallest absolute Gasteiger partial charge is 0.229 e. The van der Waals surface area contributed by atoms with Crippen molar-refractivity contribution >= 4 is 0 Å². The molecule has 0 aliphatic heterocycles. The number of halogens is 1. The van der Waals surface area contributed by atoms with E-state index < -0.39 is 6.10 Å². The second kappa shape index (κ2) is 5.93. The molecule has 2 rings (SSSR count). The number of rotatable bonds is 5. The van der Waals surface area contributed by atoms with E-state index >= 15 is 0 Å². The maximum Gasteiger partial charge on any atom is 0.229 e. The number of aromatic nitrogens is 2. The molecule has 1 heterocycles. The lowest BCUT2D eigenvalue weighted by atomic mass is 10.1. The summed E-state index contributed by atoms with van der Waals surface area (Å²) in [5, 5.41) is 13.5. The lowest BCUT2D eigenvalue weighted by Gasteiger charge is -2.03. The lowest BCUT2D eigenvalue weighted by Crippen LogP contribution is -2.09. The van der Waals surface area contributed by atoms with E-state index in [0.717, 1.165) is 6.42 Å². The SMILES string of the molecule is CCCC(O)Cc1nc(-c2ccc(C)c(F)c2)no1. The number of aryl methyl sites for hydroxylation is 1. The summed E-state index contributed by atoms with van der Waals surface area (Å²) in [7, 11) is 0. The van der Waals surface area contributed by atoms with Crippen LogP contribution in [0, 0.1) is 12.7 Å². The largest absolute Gasteiger partial charge is 0.393 e. The first-order valence-corrected chi connectivity index (χ1v) is 6.37. The molecule has 0 fully saturated rings. The zero-order valence-electron chi connectivity index (χ0n) is 11.1. The molecule has 0 radical (unpaired) electrons. The summed E-state index contributed by atoms with van der Waals surface area (Å²) in [5.41, 5.74) is 1.15. The highest BCUT2D eigenvalue weighted by Crippen LogP contribution is 2.19. The Hall–Kier alpha value is -1.75. The average Bonchev–Trinajstić information content (AvgIpc) is 2.81. The van der Waals surface area contributed by atoms with Gasteiger partial charge >= 0.3 is 0 Å². The summed E-state index contributed by atoms with van der Waals surface area (Å²) in [6.45, 7) is 3.69. The first-order valence-electron chi connectivity index (χ1n) is 6.37. The van der Waals surface area contributed by atoms with Crippen molar-refractivity contribution in [2.24, 2.45) is 0 Å². The Morgan fingerprint density at radius 1 is 1.42 bits per heavy atom. The molecule has 0 bridgehead atoms. The van der Waals surface area contributed by atoms with Crippen LogP contribution in [0.1, 0.15) is 31.2 Å². The Labute approximate surface area is 111 Å². The Balaban J connectivity index is 2.14. The Kier molecular flexibility index (Phi) is 4.27. The van der Waals surface area contributed by atoms with E-state index in [1.54, 1.807) is 19.1 Å². The van der Waals surface area contributed by atoms with Crippen molar-refractivity contribution in [1.82, 2.24) is 10.1 Å². The van der Waals surface area contributed by atoms with E-state index in [0.29, 0.717) is 35.7 Å². The first-order chi connectivity index (χ1) is 9.10. The van der Waals surface area contributed by atoms with Gasteiger partial charge in [0.25, 0.3) is 0 Å². The Bertz CT molecular complexity index is 554. The molecule has 5 heteroatoms. The summed E-state index contributed by atoms with van der Waals surface area (Å²) in [5.74, 6) is 0.421. The summed E-state index contributed by atoms with van der Waals surface area (Å²) in [6, 6.07) is 4.80. The summed E-state index contributed by atoms with van der Waals surface area (Å²) >= 11 is 0. The van der Waals surface area contributed by atoms with Crippen LogP contribution in [-0.2, 0) is 6.42 Å². The number of hydrogen-bond donors (Lipinski definition) is 1. The number of hydrogen-bond acceptors (Lipinski definition) is 4.